The number of pyridine rings is 1. The van der Waals surface area contributed by atoms with Gasteiger partial charge in [0.2, 0.25) is 5.95 Å². The molecule has 1 saturated carbocycles. The van der Waals surface area contributed by atoms with Gasteiger partial charge >= 0.3 is 0 Å². The Morgan fingerprint density at radius 3 is 2.82 bits per heavy atom. The zero-order valence-corrected chi connectivity index (χ0v) is 9.24. The van der Waals surface area contributed by atoms with Crippen molar-refractivity contribution in [2.45, 2.75) is 31.2 Å². The van der Waals surface area contributed by atoms with E-state index in [1.165, 1.54) is 12.3 Å². The monoisotopic (exact) mass is 233 g/mol. The summed E-state index contributed by atoms with van der Waals surface area (Å²) in [4.78, 5) is 15.2. The number of carbonyl (C=O) groups is 1. The number of carbonyl (C=O) groups excluding carboxylic acids is 1. The average molecular weight is 233 g/mol. The molecule has 0 radical (unpaired) electrons. The largest absolute Gasteiger partial charge is 0.334 e. The van der Waals surface area contributed by atoms with E-state index in [1.54, 1.807) is 0 Å². The van der Waals surface area contributed by atoms with Crippen molar-refractivity contribution in [3.8, 4) is 6.07 Å². The van der Waals surface area contributed by atoms with Crippen LogP contribution in [0.1, 0.15) is 36.0 Å². The summed E-state index contributed by atoms with van der Waals surface area (Å²) >= 11 is 0. The molecule has 1 heterocycles. The van der Waals surface area contributed by atoms with Gasteiger partial charge in [-0.25, -0.2) is 4.98 Å². The van der Waals surface area contributed by atoms with Crippen LogP contribution >= 0.6 is 0 Å². The Bertz CT molecular complexity index is 475. The minimum Gasteiger partial charge on any atom is -0.334 e. The van der Waals surface area contributed by atoms with Crippen molar-refractivity contribution in [2.24, 2.45) is 0 Å². The lowest BCUT2D eigenvalue weighted by Crippen LogP contribution is -2.45. The van der Waals surface area contributed by atoms with Gasteiger partial charge in [-0.1, -0.05) is 0 Å². The normalized spacial score (nSPS) is 17.4. The molecule has 1 aliphatic carbocycles. The molecule has 17 heavy (non-hydrogen) atoms. The zero-order chi connectivity index (χ0) is 12.3. The van der Waals surface area contributed by atoms with Gasteiger partial charge in [0, 0.05) is 17.8 Å². The van der Waals surface area contributed by atoms with Gasteiger partial charge in [-0.3, -0.25) is 4.79 Å². The predicted octanol–water partition coefficient (Wildman–Crippen LogP) is 1.79. The number of hydrogen-bond acceptors (Lipinski definition) is 3. The molecular formula is C12H12FN3O. The van der Waals surface area contributed by atoms with E-state index in [1.807, 2.05) is 0 Å². The van der Waals surface area contributed by atoms with Gasteiger partial charge in [0.1, 0.15) is 5.54 Å². The molecule has 0 aromatic carbocycles. The first-order chi connectivity index (χ1) is 8.15. The molecule has 2 rings (SSSR count). The number of rotatable bonds is 2. The summed E-state index contributed by atoms with van der Waals surface area (Å²) in [5, 5.41) is 11.8. The smallest absolute Gasteiger partial charge is 0.252 e. The molecule has 1 N–H and O–H groups in total. The van der Waals surface area contributed by atoms with E-state index in [0.29, 0.717) is 12.8 Å². The van der Waals surface area contributed by atoms with Crippen molar-refractivity contribution in [3.63, 3.8) is 0 Å². The summed E-state index contributed by atoms with van der Waals surface area (Å²) in [5.74, 6) is -1.12. The maximum atomic E-state index is 12.9. The summed E-state index contributed by atoms with van der Waals surface area (Å²) in [6.45, 7) is 0. The first-order valence-electron chi connectivity index (χ1n) is 5.50. The summed E-state index contributed by atoms with van der Waals surface area (Å²) < 4.78 is 12.9. The highest BCUT2D eigenvalue weighted by Crippen LogP contribution is 2.29. The first kappa shape index (κ1) is 11.5. The van der Waals surface area contributed by atoms with Gasteiger partial charge in [0.05, 0.1) is 6.07 Å². The third-order valence-corrected chi connectivity index (χ3v) is 3.01. The van der Waals surface area contributed by atoms with Crippen LogP contribution in [0.25, 0.3) is 0 Å². The van der Waals surface area contributed by atoms with E-state index in [4.69, 9.17) is 5.26 Å². The molecule has 1 fully saturated rings. The highest BCUT2D eigenvalue weighted by molar-refractivity contribution is 5.94. The Labute approximate surface area is 98.5 Å². The summed E-state index contributed by atoms with van der Waals surface area (Å²) in [6.07, 6.45) is 4.40. The molecule has 0 aliphatic heterocycles. The van der Waals surface area contributed by atoms with Crippen LogP contribution < -0.4 is 5.32 Å². The third kappa shape index (κ3) is 2.41. The second-order valence-corrected chi connectivity index (χ2v) is 4.22. The molecule has 1 aliphatic rings. The quantitative estimate of drug-likeness (QED) is 0.792. The zero-order valence-electron chi connectivity index (χ0n) is 9.24. The van der Waals surface area contributed by atoms with Crippen molar-refractivity contribution in [1.82, 2.24) is 10.3 Å². The summed E-state index contributed by atoms with van der Waals surface area (Å²) in [6, 6.07) is 4.65. The third-order valence-electron chi connectivity index (χ3n) is 3.01. The predicted molar refractivity (Wildman–Crippen MR) is 58.5 cm³/mol. The second kappa shape index (κ2) is 4.50. The maximum Gasteiger partial charge on any atom is 0.252 e. The molecule has 0 spiro atoms. The van der Waals surface area contributed by atoms with E-state index in [9.17, 15) is 9.18 Å². The second-order valence-electron chi connectivity index (χ2n) is 4.22. The molecule has 4 nitrogen and oxygen atoms in total. The number of hydrogen-bond donors (Lipinski definition) is 1. The number of halogens is 1. The lowest BCUT2D eigenvalue weighted by Gasteiger charge is -2.21. The topological polar surface area (TPSA) is 65.8 Å². The number of nitrogens with one attached hydrogen (secondary N) is 1. The number of aromatic nitrogens is 1. The van der Waals surface area contributed by atoms with Crippen molar-refractivity contribution < 1.29 is 9.18 Å². The molecule has 1 aromatic heterocycles. The van der Waals surface area contributed by atoms with Gasteiger partial charge in [0.25, 0.3) is 5.91 Å². The molecule has 1 aromatic rings. The van der Waals surface area contributed by atoms with E-state index in [2.05, 4.69) is 16.4 Å². The Balaban J connectivity index is 2.14. The summed E-state index contributed by atoms with van der Waals surface area (Å²) in [7, 11) is 0. The van der Waals surface area contributed by atoms with E-state index < -0.39 is 17.4 Å². The van der Waals surface area contributed by atoms with Crippen molar-refractivity contribution in [3.05, 3.63) is 29.8 Å². The molecule has 0 bridgehead atoms. The van der Waals surface area contributed by atoms with Gasteiger partial charge < -0.3 is 5.32 Å². The minimum absolute atomic E-state index is 0.194. The first-order valence-corrected chi connectivity index (χ1v) is 5.50. The lowest BCUT2D eigenvalue weighted by atomic mass is 9.99. The van der Waals surface area contributed by atoms with E-state index in [0.717, 1.165) is 18.9 Å². The molecule has 1 amide bonds. The number of nitrogens with zero attached hydrogens (tertiary/aromatic N) is 2. The maximum absolute atomic E-state index is 12.9. The molecule has 88 valence electrons. The van der Waals surface area contributed by atoms with Crippen LogP contribution in [0, 0.1) is 17.3 Å². The highest BCUT2D eigenvalue weighted by atomic mass is 19.1. The molecule has 0 saturated heterocycles. The fraction of sp³-hybridized carbons (Fsp3) is 0.417. The van der Waals surface area contributed by atoms with Gasteiger partial charge in [-0.15, -0.1) is 0 Å². The van der Waals surface area contributed by atoms with Crippen LogP contribution in [0.3, 0.4) is 0 Å². The van der Waals surface area contributed by atoms with E-state index in [-0.39, 0.29) is 5.56 Å². The fourth-order valence-corrected chi connectivity index (χ4v) is 2.08. The van der Waals surface area contributed by atoms with Crippen LogP contribution in [0.2, 0.25) is 0 Å². The fourth-order valence-electron chi connectivity index (χ4n) is 2.08. The average Bonchev–Trinajstić information content (AvgIpc) is 2.78. The van der Waals surface area contributed by atoms with Crippen LogP contribution in [0.15, 0.2) is 18.3 Å². The standard InChI is InChI=1S/C12H12FN3O/c13-10-7-9(3-6-15-10)11(17)16-12(8-14)4-1-2-5-12/h3,6-7H,1-2,4-5H2,(H,16,17). The van der Waals surface area contributed by atoms with Crippen LogP contribution in [0.5, 0.6) is 0 Å². The minimum atomic E-state index is -0.781. The summed E-state index contributed by atoms with van der Waals surface area (Å²) in [5.41, 5.74) is -0.587. The molecular weight excluding hydrogens is 221 g/mol. The number of nitriles is 1. The SMILES string of the molecule is N#CC1(NC(=O)c2ccnc(F)c2)CCCC1. The molecule has 0 unspecified atom stereocenters. The van der Waals surface area contributed by atoms with Crippen molar-refractivity contribution in [2.75, 3.05) is 0 Å². The Hall–Kier alpha value is -1.96. The van der Waals surface area contributed by atoms with Crippen molar-refractivity contribution >= 4 is 5.91 Å². The van der Waals surface area contributed by atoms with Gasteiger partial charge in [-0.05, 0) is 31.7 Å². The van der Waals surface area contributed by atoms with Crippen LogP contribution in [-0.2, 0) is 0 Å². The Kier molecular flexibility index (Phi) is 3.05. The van der Waals surface area contributed by atoms with Gasteiger partial charge in [0.15, 0.2) is 0 Å². The van der Waals surface area contributed by atoms with Gasteiger partial charge in [-0.2, -0.15) is 9.65 Å². The van der Waals surface area contributed by atoms with E-state index >= 15 is 0 Å². The number of amides is 1. The molecule has 0 atom stereocenters. The lowest BCUT2D eigenvalue weighted by molar-refractivity contribution is 0.0920. The van der Waals surface area contributed by atoms with Crippen LogP contribution in [0.4, 0.5) is 4.39 Å². The Morgan fingerprint density at radius 1 is 1.53 bits per heavy atom. The molecule has 5 heteroatoms. The van der Waals surface area contributed by atoms with Crippen LogP contribution in [-0.4, -0.2) is 16.4 Å². The Morgan fingerprint density at radius 2 is 2.24 bits per heavy atom. The van der Waals surface area contributed by atoms with Crippen molar-refractivity contribution in [1.29, 1.82) is 5.26 Å². The highest BCUT2D eigenvalue weighted by Gasteiger charge is 2.35.